The van der Waals surface area contributed by atoms with E-state index >= 15 is 0 Å². The Bertz CT molecular complexity index is 447. The van der Waals surface area contributed by atoms with Crippen molar-refractivity contribution in [2.45, 2.75) is 36.1 Å². The van der Waals surface area contributed by atoms with Gasteiger partial charge in [0.2, 0.25) is 10.0 Å². The molecule has 1 aromatic carbocycles. The largest absolute Gasteiger partial charge is 0.241 e. The van der Waals surface area contributed by atoms with Gasteiger partial charge in [0, 0.05) is 10.4 Å². The van der Waals surface area contributed by atoms with Crippen LogP contribution in [0.3, 0.4) is 0 Å². The molecular weight excluding hydrogens is 230 g/mol. The van der Waals surface area contributed by atoms with Crippen LogP contribution in [-0.2, 0) is 10.0 Å². The zero-order chi connectivity index (χ0) is 11.7. The summed E-state index contributed by atoms with van der Waals surface area (Å²) in [4.78, 5) is 0.872. The summed E-state index contributed by atoms with van der Waals surface area (Å²) in [5.74, 6) is 0. The summed E-state index contributed by atoms with van der Waals surface area (Å²) in [7, 11) is -3.44. The van der Waals surface area contributed by atoms with Crippen LogP contribution in [0.5, 0.6) is 0 Å². The third kappa shape index (κ3) is 3.85. The van der Waals surface area contributed by atoms with Crippen LogP contribution in [0.15, 0.2) is 34.1 Å². The van der Waals surface area contributed by atoms with Gasteiger partial charge in [-0.3, -0.25) is 0 Å². The van der Waals surface area contributed by atoms with Gasteiger partial charge in [-0.2, -0.15) is 0 Å². The molecule has 15 heavy (non-hydrogen) atoms. The van der Waals surface area contributed by atoms with Crippen molar-refractivity contribution in [1.82, 2.24) is 4.72 Å². The molecule has 0 fully saturated rings. The van der Waals surface area contributed by atoms with Crippen molar-refractivity contribution in [3.63, 3.8) is 0 Å². The first-order valence-corrected chi connectivity index (χ1v) is 6.47. The predicted molar refractivity (Wildman–Crippen MR) is 63.8 cm³/mol. The number of hydrogen-bond acceptors (Lipinski definition) is 3. The lowest BCUT2D eigenvalue weighted by molar-refractivity contribution is 0.491. The maximum atomic E-state index is 11.9. The van der Waals surface area contributed by atoms with E-state index in [1.807, 2.05) is 0 Å². The first-order chi connectivity index (χ1) is 6.71. The minimum absolute atomic E-state index is 0.241. The van der Waals surface area contributed by atoms with Crippen molar-refractivity contribution < 1.29 is 8.42 Å². The third-order valence-corrected chi connectivity index (χ3v) is 3.60. The van der Waals surface area contributed by atoms with E-state index in [0.717, 1.165) is 0 Å². The molecule has 84 valence electrons. The molecule has 0 heterocycles. The SMILES string of the molecule is CC(C)(C)NS(=O)(=O)c1cccc(S)c1. The van der Waals surface area contributed by atoms with Crippen LogP contribution in [0.4, 0.5) is 0 Å². The van der Waals surface area contributed by atoms with Crippen molar-refractivity contribution in [3.8, 4) is 0 Å². The molecule has 1 rings (SSSR count). The van der Waals surface area contributed by atoms with Crippen LogP contribution >= 0.6 is 12.6 Å². The molecule has 0 spiro atoms. The summed E-state index contributed by atoms with van der Waals surface area (Å²) in [5, 5.41) is 0. The Morgan fingerprint density at radius 1 is 1.27 bits per heavy atom. The predicted octanol–water partition coefficient (Wildman–Crippen LogP) is 2.05. The zero-order valence-electron chi connectivity index (χ0n) is 8.98. The normalized spacial score (nSPS) is 12.8. The number of nitrogens with one attached hydrogen (secondary N) is 1. The van der Waals surface area contributed by atoms with Gasteiger partial charge in [-0.1, -0.05) is 6.07 Å². The minimum Gasteiger partial charge on any atom is -0.207 e. The van der Waals surface area contributed by atoms with E-state index in [1.54, 1.807) is 39.0 Å². The van der Waals surface area contributed by atoms with E-state index < -0.39 is 15.6 Å². The molecule has 0 bridgehead atoms. The fraction of sp³-hybridized carbons (Fsp3) is 0.400. The van der Waals surface area contributed by atoms with Gasteiger partial charge in [-0.05, 0) is 39.0 Å². The molecule has 1 aromatic rings. The molecule has 0 radical (unpaired) electrons. The topological polar surface area (TPSA) is 46.2 Å². The number of hydrogen-bond donors (Lipinski definition) is 2. The number of thiol groups is 1. The van der Waals surface area contributed by atoms with Crippen molar-refractivity contribution >= 4 is 22.7 Å². The second-order valence-corrected chi connectivity index (χ2v) is 6.55. The molecule has 0 unspecified atom stereocenters. The van der Waals surface area contributed by atoms with Crippen LogP contribution in [0.25, 0.3) is 0 Å². The molecule has 0 aliphatic heterocycles. The number of sulfonamides is 1. The van der Waals surface area contributed by atoms with E-state index in [-0.39, 0.29) is 4.90 Å². The van der Waals surface area contributed by atoms with Gasteiger partial charge in [0.05, 0.1) is 4.90 Å². The van der Waals surface area contributed by atoms with Crippen molar-refractivity contribution in [2.24, 2.45) is 0 Å². The lowest BCUT2D eigenvalue weighted by Crippen LogP contribution is -2.40. The molecule has 0 aliphatic rings. The first-order valence-electron chi connectivity index (χ1n) is 4.54. The summed E-state index contributed by atoms with van der Waals surface area (Å²) in [6.07, 6.45) is 0. The van der Waals surface area contributed by atoms with Crippen LogP contribution in [-0.4, -0.2) is 14.0 Å². The fourth-order valence-electron chi connectivity index (χ4n) is 1.11. The van der Waals surface area contributed by atoms with Gasteiger partial charge in [0.15, 0.2) is 0 Å². The van der Waals surface area contributed by atoms with Crippen molar-refractivity contribution in [3.05, 3.63) is 24.3 Å². The molecule has 0 saturated carbocycles. The summed E-state index contributed by atoms with van der Waals surface area (Å²) < 4.78 is 26.3. The Balaban J connectivity index is 3.07. The number of benzene rings is 1. The first kappa shape index (κ1) is 12.5. The summed E-state index contributed by atoms with van der Waals surface area (Å²) in [5.41, 5.74) is -0.481. The maximum absolute atomic E-state index is 11.9. The van der Waals surface area contributed by atoms with Gasteiger partial charge in [-0.15, -0.1) is 12.6 Å². The highest BCUT2D eigenvalue weighted by molar-refractivity contribution is 7.89. The Labute approximate surface area is 96.4 Å². The van der Waals surface area contributed by atoms with Gasteiger partial charge in [0.25, 0.3) is 0 Å². The minimum atomic E-state index is -3.44. The highest BCUT2D eigenvalue weighted by Gasteiger charge is 2.21. The van der Waals surface area contributed by atoms with Gasteiger partial charge < -0.3 is 0 Å². The fourth-order valence-corrected chi connectivity index (χ4v) is 2.89. The van der Waals surface area contributed by atoms with E-state index in [1.165, 1.54) is 6.07 Å². The van der Waals surface area contributed by atoms with Gasteiger partial charge >= 0.3 is 0 Å². The molecule has 0 saturated heterocycles. The van der Waals surface area contributed by atoms with Crippen LogP contribution in [0.2, 0.25) is 0 Å². The molecule has 0 atom stereocenters. The Hall–Kier alpha value is -0.520. The molecule has 1 N–H and O–H groups in total. The van der Waals surface area contributed by atoms with Gasteiger partial charge in [-0.25, -0.2) is 13.1 Å². The smallest absolute Gasteiger partial charge is 0.207 e. The second kappa shape index (κ2) is 4.15. The Morgan fingerprint density at radius 3 is 2.33 bits per heavy atom. The highest BCUT2D eigenvalue weighted by Crippen LogP contribution is 2.16. The van der Waals surface area contributed by atoms with E-state index in [0.29, 0.717) is 4.90 Å². The maximum Gasteiger partial charge on any atom is 0.241 e. The molecule has 0 amide bonds. The quantitative estimate of drug-likeness (QED) is 0.783. The van der Waals surface area contributed by atoms with Crippen LogP contribution in [0, 0.1) is 0 Å². The monoisotopic (exact) mass is 245 g/mol. The summed E-state index contributed by atoms with van der Waals surface area (Å²) in [6, 6.07) is 6.48. The van der Waals surface area contributed by atoms with E-state index in [9.17, 15) is 8.42 Å². The molecule has 5 heteroatoms. The molecule has 0 aliphatic carbocycles. The molecular formula is C10H15NO2S2. The molecule has 3 nitrogen and oxygen atoms in total. The van der Waals surface area contributed by atoms with E-state index in [2.05, 4.69) is 17.4 Å². The zero-order valence-corrected chi connectivity index (χ0v) is 10.7. The third-order valence-electron chi connectivity index (χ3n) is 1.57. The second-order valence-electron chi connectivity index (χ2n) is 4.35. The Kier molecular flexibility index (Phi) is 3.48. The molecule has 0 aromatic heterocycles. The summed E-state index contributed by atoms with van der Waals surface area (Å²) >= 11 is 4.11. The highest BCUT2D eigenvalue weighted by atomic mass is 32.2. The van der Waals surface area contributed by atoms with Crippen LogP contribution < -0.4 is 4.72 Å². The van der Waals surface area contributed by atoms with Crippen LogP contribution in [0.1, 0.15) is 20.8 Å². The van der Waals surface area contributed by atoms with Crippen molar-refractivity contribution in [1.29, 1.82) is 0 Å². The Morgan fingerprint density at radius 2 is 1.87 bits per heavy atom. The summed E-state index contributed by atoms with van der Waals surface area (Å²) in [6.45, 7) is 5.40. The van der Waals surface area contributed by atoms with Crippen molar-refractivity contribution in [2.75, 3.05) is 0 Å². The van der Waals surface area contributed by atoms with E-state index in [4.69, 9.17) is 0 Å². The lowest BCUT2D eigenvalue weighted by atomic mass is 10.1. The number of rotatable bonds is 2. The average Bonchev–Trinajstić information content (AvgIpc) is 1.99. The average molecular weight is 245 g/mol. The lowest BCUT2D eigenvalue weighted by Gasteiger charge is -2.20. The standard InChI is InChI=1S/C10H15NO2S2/c1-10(2,3)11-15(12,13)9-6-4-5-8(14)7-9/h4-7,11,14H,1-3H3. The van der Waals surface area contributed by atoms with Gasteiger partial charge in [0.1, 0.15) is 0 Å².